The lowest BCUT2D eigenvalue weighted by atomic mass is 10.2. The molecule has 3 rings (SSSR count). The van der Waals surface area contributed by atoms with Gasteiger partial charge in [0, 0.05) is 30.7 Å². The highest BCUT2D eigenvalue weighted by Gasteiger charge is 2.03. The van der Waals surface area contributed by atoms with E-state index in [-0.39, 0.29) is 12.5 Å². The lowest BCUT2D eigenvalue weighted by Crippen LogP contribution is -2.24. The van der Waals surface area contributed by atoms with Crippen LogP contribution in [0, 0.1) is 3.57 Å². The number of rotatable bonds is 5. The van der Waals surface area contributed by atoms with Gasteiger partial charge >= 0.3 is 0 Å². The minimum absolute atomic E-state index is 0.0859. The van der Waals surface area contributed by atoms with E-state index < -0.39 is 0 Å². The summed E-state index contributed by atoms with van der Waals surface area (Å²) in [5.41, 5.74) is 4.36. The van der Waals surface area contributed by atoms with Crippen molar-refractivity contribution in [3.63, 3.8) is 0 Å². The van der Waals surface area contributed by atoms with Crippen LogP contribution in [0.3, 0.4) is 0 Å². The van der Waals surface area contributed by atoms with Crippen LogP contribution in [0.4, 0.5) is 0 Å². The first-order chi connectivity index (χ1) is 11.6. The lowest BCUT2D eigenvalue weighted by molar-refractivity contribution is -0.123. The molecule has 0 unspecified atom stereocenters. The number of fused-ring (bicyclic) bond motifs is 1. The van der Waals surface area contributed by atoms with E-state index in [1.807, 2.05) is 48.7 Å². The maximum Gasteiger partial charge on any atom is 0.277 e. The monoisotopic (exact) mass is 497 g/mol. The van der Waals surface area contributed by atoms with Gasteiger partial charge in [-0.05, 0) is 65.1 Å². The molecule has 1 aromatic heterocycles. The van der Waals surface area contributed by atoms with E-state index in [0.717, 1.165) is 24.5 Å². The summed E-state index contributed by atoms with van der Waals surface area (Å²) in [7, 11) is 0. The summed E-state index contributed by atoms with van der Waals surface area (Å²) in [4.78, 5) is 14.9. The van der Waals surface area contributed by atoms with Crippen LogP contribution in [-0.2, 0) is 4.79 Å². The van der Waals surface area contributed by atoms with E-state index in [9.17, 15) is 4.79 Å². The van der Waals surface area contributed by atoms with Gasteiger partial charge in [-0.3, -0.25) is 4.79 Å². The van der Waals surface area contributed by atoms with Crippen LogP contribution in [0.5, 0.6) is 5.75 Å². The number of aromatic amines is 1. The molecular weight excluding hydrogens is 485 g/mol. The molecule has 7 heteroatoms. The Morgan fingerprint density at radius 2 is 2.08 bits per heavy atom. The molecule has 5 nitrogen and oxygen atoms in total. The van der Waals surface area contributed by atoms with Gasteiger partial charge in [0.05, 0.1) is 6.21 Å². The molecule has 1 heterocycles. The van der Waals surface area contributed by atoms with Crippen molar-refractivity contribution in [2.75, 3.05) is 6.61 Å². The van der Waals surface area contributed by atoms with Gasteiger partial charge in [-0.1, -0.05) is 15.9 Å². The second kappa shape index (κ2) is 7.80. The summed E-state index contributed by atoms with van der Waals surface area (Å²) >= 11 is 5.65. The number of halogens is 2. The average molecular weight is 498 g/mol. The normalized spacial score (nSPS) is 11.1. The Balaban J connectivity index is 1.56. The van der Waals surface area contributed by atoms with Gasteiger partial charge in [-0.15, -0.1) is 0 Å². The van der Waals surface area contributed by atoms with Crippen molar-refractivity contribution >= 4 is 61.5 Å². The lowest BCUT2D eigenvalue weighted by Gasteiger charge is -2.04. The highest BCUT2D eigenvalue weighted by molar-refractivity contribution is 14.1. The molecule has 1 amide bonds. The molecule has 0 bridgehead atoms. The molecule has 0 fully saturated rings. The summed E-state index contributed by atoms with van der Waals surface area (Å²) in [5, 5.41) is 5.00. The number of hydrogen-bond donors (Lipinski definition) is 2. The molecule has 0 aliphatic carbocycles. The van der Waals surface area contributed by atoms with Crippen molar-refractivity contribution in [3.8, 4) is 5.75 Å². The number of hydrazone groups is 1. The maximum absolute atomic E-state index is 11.8. The van der Waals surface area contributed by atoms with Gasteiger partial charge in [0.1, 0.15) is 5.75 Å². The van der Waals surface area contributed by atoms with Crippen LogP contribution in [-0.4, -0.2) is 23.7 Å². The maximum atomic E-state index is 11.8. The van der Waals surface area contributed by atoms with Crippen LogP contribution in [0.1, 0.15) is 5.56 Å². The van der Waals surface area contributed by atoms with E-state index >= 15 is 0 Å². The number of carbonyl (C=O) groups excluding carboxylic acids is 1. The third-order valence-corrected chi connectivity index (χ3v) is 4.46. The number of nitrogens with zero attached hydrogens (tertiary/aromatic N) is 1. The molecule has 24 heavy (non-hydrogen) atoms. The fourth-order valence-corrected chi connectivity index (χ4v) is 2.83. The SMILES string of the molecule is O=C(COc1ccc(I)cc1)N/N=C/c1c[nH]c2ccc(Br)cc12. The second-order valence-electron chi connectivity index (χ2n) is 4.97. The number of benzene rings is 2. The zero-order valence-corrected chi connectivity index (χ0v) is 16.2. The van der Waals surface area contributed by atoms with E-state index in [1.54, 1.807) is 6.21 Å². The molecule has 0 saturated carbocycles. The zero-order valence-electron chi connectivity index (χ0n) is 12.4. The predicted octanol–water partition coefficient (Wildman–Crippen LogP) is 4.06. The van der Waals surface area contributed by atoms with E-state index in [4.69, 9.17) is 4.74 Å². The van der Waals surface area contributed by atoms with E-state index in [2.05, 4.69) is 54.0 Å². The smallest absolute Gasteiger partial charge is 0.277 e. The Hall–Kier alpha value is -1.87. The highest BCUT2D eigenvalue weighted by atomic mass is 127. The zero-order chi connectivity index (χ0) is 16.9. The van der Waals surface area contributed by atoms with Crippen molar-refractivity contribution in [3.05, 3.63) is 62.3 Å². The highest BCUT2D eigenvalue weighted by Crippen LogP contribution is 2.21. The summed E-state index contributed by atoms with van der Waals surface area (Å²) in [6.07, 6.45) is 3.45. The number of carbonyl (C=O) groups is 1. The van der Waals surface area contributed by atoms with Crippen LogP contribution in [0.25, 0.3) is 10.9 Å². The number of H-pyrrole nitrogens is 1. The summed E-state index contributed by atoms with van der Waals surface area (Å²) in [6.45, 7) is -0.0859. The standard InChI is InChI=1S/C17H13BrIN3O2/c18-12-1-6-16-15(7-12)11(8-20-16)9-21-22-17(23)10-24-14-4-2-13(19)3-5-14/h1-9,20H,10H2,(H,22,23)/b21-9+. The van der Waals surface area contributed by atoms with Crippen LogP contribution >= 0.6 is 38.5 Å². The van der Waals surface area contributed by atoms with Crippen molar-refractivity contribution in [2.45, 2.75) is 0 Å². The minimum atomic E-state index is -0.314. The topological polar surface area (TPSA) is 66.5 Å². The Bertz CT molecular complexity index is 890. The number of nitrogens with one attached hydrogen (secondary N) is 2. The van der Waals surface area contributed by atoms with Crippen LogP contribution in [0.2, 0.25) is 0 Å². The van der Waals surface area contributed by atoms with Crippen molar-refractivity contribution < 1.29 is 9.53 Å². The molecule has 0 aliphatic rings. The van der Waals surface area contributed by atoms with Gasteiger partial charge < -0.3 is 9.72 Å². The van der Waals surface area contributed by atoms with Crippen molar-refractivity contribution in [2.24, 2.45) is 5.10 Å². The third-order valence-electron chi connectivity index (χ3n) is 3.25. The quantitative estimate of drug-likeness (QED) is 0.317. The fraction of sp³-hybridized carbons (Fsp3) is 0.0588. The summed E-state index contributed by atoms with van der Waals surface area (Å²) < 4.78 is 7.49. The van der Waals surface area contributed by atoms with Crippen LogP contribution in [0.15, 0.2) is 58.2 Å². The Kier molecular flexibility index (Phi) is 5.52. The van der Waals surface area contributed by atoms with Gasteiger partial charge in [-0.2, -0.15) is 5.10 Å². The molecule has 2 N–H and O–H groups in total. The first-order valence-corrected chi connectivity index (χ1v) is 8.96. The number of hydrogen-bond acceptors (Lipinski definition) is 3. The van der Waals surface area contributed by atoms with E-state index in [1.165, 1.54) is 0 Å². The molecule has 2 aromatic carbocycles. The Morgan fingerprint density at radius 3 is 2.88 bits per heavy atom. The average Bonchev–Trinajstić information content (AvgIpc) is 2.97. The summed E-state index contributed by atoms with van der Waals surface area (Å²) in [5.74, 6) is 0.335. The van der Waals surface area contributed by atoms with Gasteiger partial charge in [0.25, 0.3) is 5.91 Å². The van der Waals surface area contributed by atoms with Crippen molar-refractivity contribution in [1.82, 2.24) is 10.4 Å². The van der Waals surface area contributed by atoms with Gasteiger partial charge in [0.2, 0.25) is 0 Å². The van der Waals surface area contributed by atoms with Gasteiger partial charge in [0.15, 0.2) is 6.61 Å². The van der Waals surface area contributed by atoms with Crippen molar-refractivity contribution in [1.29, 1.82) is 0 Å². The van der Waals surface area contributed by atoms with Crippen LogP contribution < -0.4 is 10.2 Å². The molecule has 0 saturated heterocycles. The Morgan fingerprint density at radius 1 is 1.29 bits per heavy atom. The molecule has 0 atom stereocenters. The molecule has 0 radical (unpaired) electrons. The first-order valence-electron chi connectivity index (χ1n) is 7.09. The molecule has 0 aliphatic heterocycles. The molecule has 122 valence electrons. The number of aromatic nitrogens is 1. The minimum Gasteiger partial charge on any atom is -0.484 e. The number of ether oxygens (including phenoxy) is 1. The molecular formula is C17H13BrIN3O2. The van der Waals surface area contributed by atoms with Gasteiger partial charge in [-0.25, -0.2) is 5.43 Å². The molecule has 3 aromatic rings. The third kappa shape index (κ3) is 4.35. The summed E-state index contributed by atoms with van der Waals surface area (Å²) in [6, 6.07) is 13.4. The Labute approximate surface area is 160 Å². The second-order valence-corrected chi connectivity index (χ2v) is 7.13. The number of amides is 1. The fourth-order valence-electron chi connectivity index (χ4n) is 2.11. The molecule has 0 spiro atoms. The predicted molar refractivity (Wildman–Crippen MR) is 106 cm³/mol. The first kappa shape index (κ1) is 17.0. The largest absolute Gasteiger partial charge is 0.484 e. The van der Waals surface area contributed by atoms with E-state index in [0.29, 0.717) is 5.75 Å².